The lowest BCUT2D eigenvalue weighted by Gasteiger charge is -2.35. The first-order valence-electron chi connectivity index (χ1n) is 22.8. The molecule has 10 aromatic rings. The van der Waals surface area contributed by atoms with E-state index < -0.39 is 16.9 Å². The molecule has 1 atom stereocenters. The van der Waals surface area contributed by atoms with Crippen LogP contribution in [-0.2, 0) is 10.8 Å². The molecule has 12 rings (SSSR count). The van der Waals surface area contributed by atoms with Crippen LogP contribution < -0.4 is 4.90 Å². The highest BCUT2D eigenvalue weighted by Crippen LogP contribution is 2.59. The molecule has 1 nitrogen and oxygen atoms in total. The molecule has 60 heavy (non-hydrogen) atoms. The molecule has 0 fully saturated rings. The van der Waals surface area contributed by atoms with E-state index in [0.717, 1.165) is 55.8 Å². The number of hydrogen-bond donors (Lipinski definition) is 0. The van der Waals surface area contributed by atoms with E-state index >= 15 is 0 Å². The summed E-state index contributed by atoms with van der Waals surface area (Å²) in [5.74, 6) is 0. The molecule has 0 saturated carbocycles. The number of nitrogens with zero attached hydrogens (tertiary/aromatic N) is 1. The zero-order valence-corrected chi connectivity index (χ0v) is 33.3. The Kier molecular flexibility index (Phi) is 6.80. The Morgan fingerprint density at radius 3 is 1.50 bits per heavy atom. The lowest BCUT2D eigenvalue weighted by Crippen LogP contribution is -2.28. The molecule has 0 saturated heterocycles. The van der Waals surface area contributed by atoms with Gasteiger partial charge in [0.05, 0.1) is 17.7 Å². The third-order valence-corrected chi connectivity index (χ3v) is 13.7. The van der Waals surface area contributed by atoms with Crippen LogP contribution in [0.3, 0.4) is 0 Å². The summed E-state index contributed by atoms with van der Waals surface area (Å²) in [6.07, 6.45) is 0. The zero-order valence-electron chi connectivity index (χ0n) is 37.5. The second-order valence-electron chi connectivity index (χ2n) is 15.6. The number of hydrogen-bond acceptors (Lipinski definition) is 2. The molecule has 1 heterocycles. The maximum atomic E-state index is 9.53. The standard InChI is InChI=1S/C58H39NS/c1-5-17-41(18-6-1)57(42-19-7-2-8-20-42)53-28-16-14-26-49(53)51-38-46(30-33-54(51)57)59(45-31-34-56-40(37-45)35-36-60-56)47-29-32-50-48-25-13-15-27-52(48)58(55(50)39-47,43-21-9-3-10-22-43)44-23-11-4-12-24-44/h1-39H/i3D,9D,10D,21D,22D. The minimum Gasteiger partial charge on any atom is -0.310 e. The normalized spacial score (nSPS) is 16.7. The van der Waals surface area contributed by atoms with Gasteiger partial charge in [-0.3, -0.25) is 0 Å². The molecule has 0 N–H and O–H groups in total. The van der Waals surface area contributed by atoms with Crippen LogP contribution in [0.25, 0.3) is 32.3 Å². The first-order valence-corrected chi connectivity index (χ1v) is 21.2. The Morgan fingerprint density at radius 2 is 0.850 bits per heavy atom. The maximum absolute atomic E-state index is 9.53. The van der Waals surface area contributed by atoms with E-state index in [9.17, 15) is 2.74 Å². The van der Waals surface area contributed by atoms with Gasteiger partial charge < -0.3 is 4.90 Å². The molecule has 0 bridgehead atoms. The van der Waals surface area contributed by atoms with Crippen molar-refractivity contribution in [1.82, 2.24) is 0 Å². The van der Waals surface area contributed by atoms with Crippen molar-refractivity contribution in [2.75, 3.05) is 4.90 Å². The fraction of sp³-hybridized carbons (Fsp3) is 0.0345. The SMILES string of the molecule is [2H]c1c([2H])c([2H])c(C2(c3ccccc3)c3ccccc3-c3ccc(N(c4ccc5c(c4)-c4ccccc4C5(c4ccccc4)c4ccccc4)c4ccc5sccc5c4)cc32)c([2H])c1[2H]. The fourth-order valence-corrected chi connectivity index (χ4v) is 11.1. The summed E-state index contributed by atoms with van der Waals surface area (Å²) in [5, 5.41) is 3.27. The van der Waals surface area contributed by atoms with Gasteiger partial charge in [-0.1, -0.05) is 182 Å². The quantitative estimate of drug-likeness (QED) is 0.156. The van der Waals surface area contributed by atoms with Gasteiger partial charge in [-0.05, 0) is 126 Å². The van der Waals surface area contributed by atoms with E-state index in [1.807, 2.05) is 42.5 Å². The van der Waals surface area contributed by atoms with Crippen molar-refractivity contribution in [3.63, 3.8) is 0 Å². The average Bonchev–Trinajstić information content (AvgIpc) is 4.04. The van der Waals surface area contributed by atoms with Crippen molar-refractivity contribution >= 4 is 38.5 Å². The van der Waals surface area contributed by atoms with Crippen molar-refractivity contribution in [2.45, 2.75) is 10.8 Å². The summed E-state index contributed by atoms with van der Waals surface area (Å²) in [6, 6.07) is 69.1. The number of fused-ring (bicyclic) bond motifs is 7. The van der Waals surface area contributed by atoms with Crippen molar-refractivity contribution in [2.24, 2.45) is 0 Å². The maximum Gasteiger partial charge on any atom is 0.0714 e. The van der Waals surface area contributed by atoms with Crippen molar-refractivity contribution in [1.29, 1.82) is 0 Å². The first-order chi connectivity index (χ1) is 31.8. The molecule has 2 aliphatic rings. The summed E-state index contributed by atoms with van der Waals surface area (Å²) in [7, 11) is 0. The molecular weight excluding hydrogens is 743 g/mol. The highest BCUT2D eigenvalue weighted by Gasteiger charge is 2.48. The van der Waals surface area contributed by atoms with Gasteiger partial charge in [0.15, 0.2) is 0 Å². The van der Waals surface area contributed by atoms with E-state index in [-0.39, 0.29) is 29.7 Å². The van der Waals surface area contributed by atoms with E-state index in [0.29, 0.717) is 0 Å². The van der Waals surface area contributed by atoms with Crippen molar-refractivity contribution < 1.29 is 6.85 Å². The Morgan fingerprint density at radius 1 is 0.367 bits per heavy atom. The van der Waals surface area contributed by atoms with Crippen LogP contribution in [0.5, 0.6) is 0 Å². The highest BCUT2D eigenvalue weighted by atomic mass is 32.1. The van der Waals surface area contributed by atoms with Crippen LogP contribution >= 0.6 is 11.3 Å². The lowest BCUT2D eigenvalue weighted by atomic mass is 9.67. The number of thiophene rings is 1. The van der Waals surface area contributed by atoms with Crippen LogP contribution in [0.4, 0.5) is 17.1 Å². The van der Waals surface area contributed by atoms with Gasteiger partial charge in [0.25, 0.3) is 0 Å². The molecule has 1 unspecified atom stereocenters. The van der Waals surface area contributed by atoms with E-state index in [4.69, 9.17) is 4.11 Å². The van der Waals surface area contributed by atoms with Gasteiger partial charge in [-0.25, -0.2) is 0 Å². The highest BCUT2D eigenvalue weighted by molar-refractivity contribution is 7.17. The molecule has 1 aromatic heterocycles. The topological polar surface area (TPSA) is 3.24 Å². The van der Waals surface area contributed by atoms with Crippen LogP contribution in [-0.4, -0.2) is 0 Å². The number of rotatable bonds is 7. The van der Waals surface area contributed by atoms with Crippen molar-refractivity contribution in [3.8, 4) is 22.3 Å². The number of benzene rings is 9. The van der Waals surface area contributed by atoms with E-state index in [1.165, 1.54) is 32.5 Å². The van der Waals surface area contributed by atoms with E-state index in [2.05, 4.69) is 168 Å². The molecule has 0 amide bonds. The van der Waals surface area contributed by atoms with Gasteiger partial charge in [-0.15, -0.1) is 11.3 Å². The second-order valence-corrected chi connectivity index (χ2v) is 16.6. The average molecular weight is 787 g/mol. The van der Waals surface area contributed by atoms with Gasteiger partial charge in [0.1, 0.15) is 0 Å². The van der Waals surface area contributed by atoms with Gasteiger partial charge >= 0.3 is 0 Å². The van der Waals surface area contributed by atoms with Crippen LogP contribution in [0.2, 0.25) is 0 Å². The molecular formula is C58H39NS. The lowest BCUT2D eigenvalue weighted by molar-refractivity contribution is 0.768. The molecule has 0 radical (unpaired) electrons. The Hall–Kier alpha value is -7.26. The Bertz CT molecular complexity index is 3450. The fourth-order valence-electron chi connectivity index (χ4n) is 10.4. The predicted octanol–water partition coefficient (Wildman–Crippen LogP) is 15.1. The second kappa shape index (κ2) is 13.7. The zero-order chi connectivity index (χ0) is 44.0. The number of anilines is 3. The molecule has 0 spiro atoms. The summed E-state index contributed by atoms with van der Waals surface area (Å²) >= 11 is 1.72. The molecule has 2 aliphatic carbocycles. The van der Waals surface area contributed by atoms with Gasteiger partial charge in [-0.2, -0.15) is 0 Å². The third kappa shape index (κ3) is 4.92. The Labute approximate surface area is 362 Å². The largest absolute Gasteiger partial charge is 0.310 e. The van der Waals surface area contributed by atoms with E-state index in [1.54, 1.807) is 11.3 Å². The van der Waals surface area contributed by atoms with Crippen molar-refractivity contribution in [3.05, 3.63) is 280 Å². The van der Waals surface area contributed by atoms with Gasteiger partial charge in [0.2, 0.25) is 0 Å². The molecule has 2 heteroatoms. The summed E-state index contributed by atoms with van der Waals surface area (Å²) < 4.78 is 46.7. The first kappa shape index (κ1) is 29.9. The summed E-state index contributed by atoms with van der Waals surface area (Å²) in [4.78, 5) is 2.31. The third-order valence-electron chi connectivity index (χ3n) is 12.8. The van der Waals surface area contributed by atoms with Gasteiger partial charge in [0, 0.05) is 21.8 Å². The predicted molar refractivity (Wildman–Crippen MR) is 251 cm³/mol. The molecule has 282 valence electrons. The smallest absolute Gasteiger partial charge is 0.0714 e. The molecule has 0 aliphatic heterocycles. The summed E-state index contributed by atoms with van der Waals surface area (Å²) in [6.45, 7) is 0. The Balaban J connectivity index is 1.15. The van der Waals surface area contributed by atoms with Crippen LogP contribution in [0, 0.1) is 0 Å². The molecule has 9 aromatic carbocycles. The minimum atomic E-state index is -1.25. The van der Waals surface area contributed by atoms with Crippen LogP contribution in [0.1, 0.15) is 51.4 Å². The minimum absolute atomic E-state index is 0.217. The van der Waals surface area contributed by atoms with Crippen LogP contribution in [0.15, 0.2) is 236 Å². The summed E-state index contributed by atoms with van der Waals surface area (Å²) in [5.41, 5.74) is 12.9. The monoisotopic (exact) mass is 786 g/mol.